The van der Waals surface area contributed by atoms with Crippen molar-refractivity contribution in [2.75, 3.05) is 18.1 Å². The van der Waals surface area contributed by atoms with Gasteiger partial charge in [-0.05, 0) is 36.6 Å². The van der Waals surface area contributed by atoms with Crippen molar-refractivity contribution in [3.05, 3.63) is 22.3 Å². The van der Waals surface area contributed by atoms with Gasteiger partial charge in [0.25, 0.3) is 0 Å². The van der Waals surface area contributed by atoms with E-state index in [2.05, 4.69) is 10.00 Å². The largest absolute Gasteiger partial charge is 0.302 e. The molecular formula is C14H20N4O2S3. The van der Waals surface area contributed by atoms with Crippen LogP contribution >= 0.6 is 23.6 Å². The Morgan fingerprint density at radius 1 is 1.52 bits per heavy atom. The summed E-state index contributed by atoms with van der Waals surface area (Å²) in [6.45, 7) is 3.33. The van der Waals surface area contributed by atoms with E-state index in [-0.39, 0.29) is 17.5 Å². The third-order valence-corrected chi connectivity index (χ3v) is 7.33. The molecule has 126 valence electrons. The highest BCUT2D eigenvalue weighted by Gasteiger charge is 2.32. The summed E-state index contributed by atoms with van der Waals surface area (Å²) < 4.78 is 27.8. The molecule has 3 heterocycles. The predicted octanol–water partition coefficient (Wildman–Crippen LogP) is 2.15. The Balaban J connectivity index is 1.85. The summed E-state index contributed by atoms with van der Waals surface area (Å²) in [6.07, 6.45) is 0.689. The van der Waals surface area contributed by atoms with Gasteiger partial charge in [-0.25, -0.2) is 13.1 Å². The number of sulfone groups is 1. The molecule has 2 aromatic rings. The quantitative estimate of drug-likeness (QED) is 0.753. The van der Waals surface area contributed by atoms with Crippen LogP contribution in [0.5, 0.6) is 0 Å². The van der Waals surface area contributed by atoms with Crippen LogP contribution in [-0.4, -0.2) is 51.8 Å². The van der Waals surface area contributed by atoms with E-state index < -0.39 is 9.84 Å². The average molecular weight is 373 g/mol. The third-order valence-electron chi connectivity index (χ3n) is 4.23. The molecule has 0 bridgehead atoms. The molecule has 6 nitrogen and oxygen atoms in total. The SMILES string of the molecule is CCN(Cn1nc(-c2cccs2)n(C)c1=S)C1CCS(=O)(=O)C1. The standard InChI is InChI=1S/C14H20N4O2S3/c1-3-17(11-6-8-23(19,20)9-11)10-18-14(21)16(2)13(15-18)12-5-4-7-22-12/h4-5,7,11H,3,6,8-10H2,1-2H3. The summed E-state index contributed by atoms with van der Waals surface area (Å²) in [5.41, 5.74) is 0. The maximum absolute atomic E-state index is 11.7. The summed E-state index contributed by atoms with van der Waals surface area (Å²) >= 11 is 7.12. The molecule has 1 aliphatic heterocycles. The van der Waals surface area contributed by atoms with E-state index in [0.717, 1.165) is 17.2 Å². The van der Waals surface area contributed by atoms with Crippen molar-refractivity contribution < 1.29 is 8.42 Å². The molecule has 0 radical (unpaired) electrons. The minimum atomic E-state index is -2.89. The molecule has 1 saturated heterocycles. The topological polar surface area (TPSA) is 60.1 Å². The molecule has 1 unspecified atom stereocenters. The normalized spacial score (nSPS) is 20.4. The van der Waals surface area contributed by atoms with Crippen LogP contribution < -0.4 is 0 Å². The van der Waals surface area contributed by atoms with Crippen LogP contribution in [0.1, 0.15) is 13.3 Å². The van der Waals surface area contributed by atoms with Gasteiger partial charge in [-0.1, -0.05) is 13.0 Å². The molecule has 0 spiro atoms. The van der Waals surface area contributed by atoms with Gasteiger partial charge in [0.2, 0.25) is 0 Å². The van der Waals surface area contributed by atoms with Crippen molar-refractivity contribution in [1.82, 2.24) is 19.2 Å². The minimum absolute atomic E-state index is 0.0547. The Morgan fingerprint density at radius 2 is 2.30 bits per heavy atom. The number of nitrogens with zero attached hydrogens (tertiary/aromatic N) is 4. The molecule has 2 aromatic heterocycles. The van der Waals surface area contributed by atoms with Crippen LogP contribution in [0.2, 0.25) is 0 Å². The number of aromatic nitrogens is 3. The first kappa shape index (κ1) is 16.8. The number of hydrogen-bond donors (Lipinski definition) is 0. The van der Waals surface area contributed by atoms with Crippen LogP contribution in [0.25, 0.3) is 10.7 Å². The highest BCUT2D eigenvalue weighted by Crippen LogP contribution is 2.23. The van der Waals surface area contributed by atoms with E-state index >= 15 is 0 Å². The first-order valence-corrected chi connectivity index (χ1v) is 10.6. The molecular weight excluding hydrogens is 352 g/mol. The lowest BCUT2D eigenvalue weighted by atomic mass is 10.2. The zero-order valence-electron chi connectivity index (χ0n) is 13.2. The maximum Gasteiger partial charge on any atom is 0.199 e. The van der Waals surface area contributed by atoms with E-state index in [1.165, 1.54) is 0 Å². The lowest BCUT2D eigenvalue weighted by molar-refractivity contribution is 0.164. The smallest absolute Gasteiger partial charge is 0.199 e. The molecule has 0 N–H and O–H groups in total. The maximum atomic E-state index is 11.7. The van der Waals surface area contributed by atoms with E-state index in [9.17, 15) is 8.42 Å². The summed E-state index contributed by atoms with van der Waals surface area (Å²) in [7, 11) is -0.978. The number of rotatable bonds is 5. The van der Waals surface area contributed by atoms with Crippen molar-refractivity contribution in [3.8, 4) is 10.7 Å². The molecule has 0 amide bonds. The van der Waals surface area contributed by atoms with Gasteiger partial charge in [-0.3, -0.25) is 4.90 Å². The van der Waals surface area contributed by atoms with Crippen molar-refractivity contribution in [1.29, 1.82) is 0 Å². The molecule has 3 rings (SSSR count). The number of hydrogen-bond acceptors (Lipinski definition) is 6. The fourth-order valence-corrected chi connectivity index (χ4v) is 5.60. The highest BCUT2D eigenvalue weighted by atomic mass is 32.2. The van der Waals surface area contributed by atoms with Crippen molar-refractivity contribution >= 4 is 33.4 Å². The van der Waals surface area contributed by atoms with Gasteiger partial charge in [-0.2, -0.15) is 0 Å². The van der Waals surface area contributed by atoms with Gasteiger partial charge in [0.05, 0.1) is 23.1 Å². The first-order valence-electron chi connectivity index (χ1n) is 7.53. The summed E-state index contributed by atoms with van der Waals surface area (Å²) in [5, 5.41) is 6.66. The second-order valence-corrected chi connectivity index (χ2v) is 9.29. The monoisotopic (exact) mass is 372 g/mol. The van der Waals surface area contributed by atoms with Gasteiger partial charge >= 0.3 is 0 Å². The average Bonchev–Trinajstić information content (AvgIpc) is 3.20. The lowest BCUT2D eigenvalue weighted by Gasteiger charge is -2.25. The molecule has 1 atom stereocenters. The Labute approximate surface area is 145 Å². The van der Waals surface area contributed by atoms with Gasteiger partial charge in [0.15, 0.2) is 20.4 Å². The summed E-state index contributed by atoms with van der Waals surface area (Å²) in [4.78, 5) is 3.22. The second-order valence-electron chi connectivity index (χ2n) is 5.75. The highest BCUT2D eigenvalue weighted by molar-refractivity contribution is 7.91. The molecule has 9 heteroatoms. The van der Waals surface area contributed by atoms with Gasteiger partial charge in [0, 0.05) is 13.1 Å². The van der Waals surface area contributed by atoms with Gasteiger partial charge in [0.1, 0.15) is 0 Å². The van der Waals surface area contributed by atoms with E-state index in [1.807, 2.05) is 36.1 Å². The van der Waals surface area contributed by atoms with E-state index in [4.69, 9.17) is 12.2 Å². The Kier molecular flexibility index (Phi) is 4.73. The van der Waals surface area contributed by atoms with Crippen LogP contribution in [-0.2, 0) is 23.6 Å². The zero-order chi connectivity index (χ0) is 16.6. The van der Waals surface area contributed by atoms with Gasteiger partial charge in [-0.15, -0.1) is 16.4 Å². The number of thiophene rings is 1. The fraction of sp³-hybridized carbons (Fsp3) is 0.571. The Hall–Kier alpha value is -1.03. The van der Waals surface area contributed by atoms with Crippen LogP contribution in [0.4, 0.5) is 0 Å². The molecule has 0 aromatic carbocycles. The fourth-order valence-electron chi connectivity index (χ4n) is 2.91. The molecule has 0 saturated carbocycles. The Bertz CT molecular complexity index is 836. The van der Waals surface area contributed by atoms with Crippen LogP contribution in [0.3, 0.4) is 0 Å². The third kappa shape index (κ3) is 3.42. The lowest BCUT2D eigenvalue weighted by Crippen LogP contribution is -2.37. The van der Waals surface area contributed by atoms with E-state index in [0.29, 0.717) is 17.9 Å². The van der Waals surface area contributed by atoms with Crippen molar-refractivity contribution in [2.45, 2.75) is 26.1 Å². The molecule has 1 aliphatic rings. The molecule has 1 fully saturated rings. The molecule has 0 aliphatic carbocycles. The van der Waals surface area contributed by atoms with E-state index in [1.54, 1.807) is 16.0 Å². The zero-order valence-corrected chi connectivity index (χ0v) is 15.6. The van der Waals surface area contributed by atoms with Crippen LogP contribution in [0.15, 0.2) is 17.5 Å². The predicted molar refractivity (Wildman–Crippen MR) is 94.8 cm³/mol. The van der Waals surface area contributed by atoms with Crippen molar-refractivity contribution in [3.63, 3.8) is 0 Å². The first-order chi connectivity index (χ1) is 10.9. The second kappa shape index (κ2) is 6.46. The van der Waals surface area contributed by atoms with Gasteiger partial charge < -0.3 is 4.57 Å². The summed E-state index contributed by atoms with van der Waals surface area (Å²) in [6, 6.07) is 4.07. The Morgan fingerprint density at radius 3 is 2.87 bits per heavy atom. The van der Waals surface area contributed by atoms with Crippen molar-refractivity contribution in [2.24, 2.45) is 7.05 Å². The van der Waals surface area contributed by atoms with Crippen LogP contribution in [0, 0.1) is 4.77 Å². The summed E-state index contributed by atoms with van der Waals surface area (Å²) in [5.74, 6) is 1.36. The molecule has 23 heavy (non-hydrogen) atoms. The minimum Gasteiger partial charge on any atom is -0.302 e.